The molecular formula is C18H30N2O4. The monoisotopic (exact) mass is 338 g/mol. The minimum Gasteiger partial charge on any atom is -0.481 e. The summed E-state index contributed by atoms with van der Waals surface area (Å²) < 4.78 is 0. The molecule has 24 heavy (non-hydrogen) atoms. The summed E-state index contributed by atoms with van der Waals surface area (Å²) in [5, 5.41) is 14.9. The lowest BCUT2D eigenvalue weighted by molar-refractivity contribution is -0.146. The summed E-state index contributed by atoms with van der Waals surface area (Å²) >= 11 is 0. The fourth-order valence-corrected chi connectivity index (χ4v) is 4.15. The van der Waals surface area contributed by atoms with Crippen molar-refractivity contribution < 1.29 is 19.5 Å². The van der Waals surface area contributed by atoms with Gasteiger partial charge in [-0.2, -0.15) is 0 Å². The number of carboxylic acids is 1. The third-order valence-corrected chi connectivity index (χ3v) is 5.58. The predicted octanol–water partition coefficient (Wildman–Crippen LogP) is 2.22. The van der Waals surface area contributed by atoms with Crippen LogP contribution in [0.5, 0.6) is 0 Å². The second kappa shape index (κ2) is 8.49. The van der Waals surface area contributed by atoms with Crippen molar-refractivity contribution in [3.05, 3.63) is 0 Å². The van der Waals surface area contributed by atoms with E-state index < -0.39 is 17.4 Å². The largest absolute Gasteiger partial charge is 0.481 e. The van der Waals surface area contributed by atoms with Gasteiger partial charge in [-0.25, -0.2) is 0 Å². The molecule has 3 N–H and O–H groups in total. The molecule has 0 aliphatic heterocycles. The van der Waals surface area contributed by atoms with Crippen molar-refractivity contribution in [2.24, 2.45) is 11.8 Å². The number of carboxylic acid groups (broad SMARTS) is 1. The second-order valence-electron chi connectivity index (χ2n) is 7.59. The Kier molecular flexibility index (Phi) is 6.63. The van der Waals surface area contributed by atoms with Crippen molar-refractivity contribution in [3.8, 4) is 0 Å². The van der Waals surface area contributed by atoms with Crippen LogP contribution in [0.3, 0.4) is 0 Å². The highest BCUT2D eigenvalue weighted by Crippen LogP contribution is 2.33. The number of hydrogen-bond acceptors (Lipinski definition) is 3. The minimum atomic E-state index is -0.862. The first-order chi connectivity index (χ1) is 11.4. The van der Waals surface area contributed by atoms with E-state index in [2.05, 4.69) is 10.6 Å². The van der Waals surface area contributed by atoms with Crippen molar-refractivity contribution in [3.63, 3.8) is 0 Å². The Morgan fingerprint density at radius 3 is 2.33 bits per heavy atom. The van der Waals surface area contributed by atoms with Gasteiger partial charge in [0.2, 0.25) is 11.8 Å². The standard InChI is InChI=1S/C18H30N2O4/c1-18(10-6-5-9-14(18)17(23)24)20-16(22)12-19-15(21)11-13-7-3-2-4-8-13/h13-14H,2-12H2,1H3,(H,19,21)(H,20,22)(H,23,24). The molecule has 2 aliphatic carbocycles. The van der Waals surface area contributed by atoms with Crippen molar-refractivity contribution in [2.75, 3.05) is 6.54 Å². The van der Waals surface area contributed by atoms with Gasteiger partial charge in [0.1, 0.15) is 0 Å². The molecular weight excluding hydrogens is 308 g/mol. The van der Waals surface area contributed by atoms with Gasteiger partial charge in [-0.05, 0) is 38.5 Å². The molecule has 2 aliphatic rings. The molecule has 2 saturated carbocycles. The average molecular weight is 338 g/mol. The highest BCUT2D eigenvalue weighted by Gasteiger charge is 2.42. The van der Waals surface area contributed by atoms with Gasteiger partial charge < -0.3 is 15.7 Å². The average Bonchev–Trinajstić information content (AvgIpc) is 2.53. The molecule has 0 aromatic carbocycles. The molecule has 2 amide bonds. The Labute approximate surface area is 143 Å². The maximum Gasteiger partial charge on any atom is 0.308 e. The Balaban J connectivity index is 1.77. The van der Waals surface area contributed by atoms with Crippen LogP contribution in [0.2, 0.25) is 0 Å². The van der Waals surface area contributed by atoms with Gasteiger partial charge in [-0.1, -0.05) is 32.1 Å². The van der Waals surface area contributed by atoms with Crippen LogP contribution in [0.25, 0.3) is 0 Å². The molecule has 0 aromatic heterocycles. The van der Waals surface area contributed by atoms with E-state index in [1.54, 1.807) is 6.92 Å². The third kappa shape index (κ3) is 5.21. The van der Waals surface area contributed by atoms with Crippen molar-refractivity contribution in [2.45, 2.75) is 76.7 Å². The quantitative estimate of drug-likeness (QED) is 0.692. The molecule has 136 valence electrons. The second-order valence-corrected chi connectivity index (χ2v) is 7.59. The van der Waals surface area contributed by atoms with Crippen LogP contribution in [0.15, 0.2) is 0 Å². The summed E-state index contributed by atoms with van der Waals surface area (Å²) in [4.78, 5) is 35.6. The molecule has 6 heteroatoms. The number of amides is 2. The smallest absolute Gasteiger partial charge is 0.308 e. The van der Waals surface area contributed by atoms with Gasteiger partial charge in [0.15, 0.2) is 0 Å². The zero-order valence-corrected chi connectivity index (χ0v) is 14.6. The zero-order valence-electron chi connectivity index (χ0n) is 14.6. The van der Waals surface area contributed by atoms with E-state index in [1.165, 1.54) is 19.3 Å². The van der Waals surface area contributed by atoms with E-state index in [9.17, 15) is 19.5 Å². The topological polar surface area (TPSA) is 95.5 Å². The van der Waals surface area contributed by atoms with Crippen LogP contribution in [0, 0.1) is 11.8 Å². The Hall–Kier alpha value is -1.59. The molecule has 0 spiro atoms. The van der Waals surface area contributed by atoms with Crippen molar-refractivity contribution in [1.82, 2.24) is 10.6 Å². The fraction of sp³-hybridized carbons (Fsp3) is 0.833. The van der Waals surface area contributed by atoms with E-state index in [1.807, 2.05) is 0 Å². The number of rotatable bonds is 6. The first-order valence-electron chi connectivity index (χ1n) is 9.21. The van der Waals surface area contributed by atoms with Crippen LogP contribution in [0.4, 0.5) is 0 Å². The van der Waals surface area contributed by atoms with E-state index in [0.717, 1.165) is 25.7 Å². The highest BCUT2D eigenvalue weighted by molar-refractivity contribution is 5.85. The molecule has 2 rings (SSSR count). The lowest BCUT2D eigenvalue weighted by atomic mass is 9.74. The molecule has 0 heterocycles. The van der Waals surface area contributed by atoms with Crippen LogP contribution < -0.4 is 10.6 Å². The van der Waals surface area contributed by atoms with E-state index in [4.69, 9.17) is 0 Å². The summed E-state index contributed by atoms with van der Waals surface area (Å²) in [6.07, 6.45) is 9.34. The van der Waals surface area contributed by atoms with E-state index >= 15 is 0 Å². The number of nitrogens with one attached hydrogen (secondary N) is 2. The van der Waals surface area contributed by atoms with Gasteiger partial charge in [0, 0.05) is 6.42 Å². The third-order valence-electron chi connectivity index (χ3n) is 5.58. The van der Waals surface area contributed by atoms with E-state index in [-0.39, 0.29) is 18.4 Å². The van der Waals surface area contributed by atoms with Gasteiger partial charge in [-0.15, -0.1) is 0 Å². The summed E-state index contributed by atoms with van der Waals surface area (Å²) in [7, 11) is 0. The van der Waals surface area contributed by atoms with E-state index in [0.29, 0.717) is 25.2 Å². The SMILES string of the molecule is CC1(NC(=O)CNC(=O)CC2CCCCC2)CCCCC1C(=O)O. The van der Waals surface area contributed by atoms with Gasteiger partial charge in [-0.3, -0.25) is 14.4 Å². The molecule has 6 nitrogen and oxygen atoms in total. The normalized spacial score (nSPS) is 28.1. The Bertz CT molecular complexity index is 474. The summed E-state index contributed by atoms with van der Waals surface area (Å²) in [6, 6.07) is 0. The molecule has 0 radical (unpaired) electrons. The molecule has 2 atom stereocenters. The maximum atomic E-state index is 12.2. The van der Waals surface area contributed by atoms with Gasteiger partial charge in [0.25, 0.3) is 0 Å². The molecule has 0 aromatic rings. The van der Waals surface area contributed by atoms with Crippen LogP contribution in [0.1, 0.15) is 71.1 Å². The van der Waals surface area contributed by atoms with Crippen molar-refractivity contribution >= 4 is 17.8 Å². The summed E-state index contributed by atoms with van der Waals surface area (Å²) in [6.45, 7) is 1.72. The Morgan fingerprint density at radius 2 is 1.67 bits per heavy atom. The molecule has 0 bridgehead atoms. The first-order valence-corrected chi connectivity index (χ1v) is 9.21. The summed E-state index contributed by atoms with van der Waals surface area (Å²) in [5.41, 5.74) is -0.727. The minimum absolute atomic E-state index is 0.0759. The van der Waals surface area contributed by atoms with Gasteiger partial charge >= 0.3 is 5.97 Å². The number of hydrogen-bond donors (Lipinski definition) is 3. The fourth-order valence-electron chi connectivity index (χ4n) is 4.15. The summed E-state index contributed by atoms with van der Waals surface area (Å²) in [5.74, 6) is -1.37. The zero-order chi connectivity index (χ0) is 17.6. The van der Waals surface area contributed by atoms with Crippen LogP contribution >= 0.6 is 0 Å². The van der Waals surface area contributed by atoms with Crippen molar-refractivity contribution in [1.29, 1.82) is 0 Å². The Morgan fingerprint density at radius 1 is 1.00 bits per heavy atom. The molecule has 2 unspecified atom stereocenters. The predicted molar refractivity (Wildman–Crippen MR) is 90.3 cm³/mol. The first kappa shape index (κ1) is 18.7. The van der Waals surface area contributed by atoms with Crippen LogP contribution in [-0.2, 0) is 14.4 Å². The maximum absolute atomic E-state index is 12.2. The highest BCUT2D eigenvalue weighted by atomic mass is 16.4. The molecule has 2 fully saturated rings. The number of carbonyl (C=O) groups is 3. The lowest BCUT2D eigenvalue weighted by Gasteiger charge is -2.39. The number of carbonyl (C=O) groups excluding carboxylic acids is 2. The number of aliphatic carboxylic acids is 1. The van der Waals surface area contributed by atoms with Crippen LogP contribution in [-0.4, -0.2) is 35.0 Å². The molecule has 0 saturated heterocycles. The lowest BCUT2D eigenvalue weighted by Crippen LogP contribution is -2.57. The van der Waals surface area contributed by atoms with Gasteiger partial charge in [0.05, 0.1) is 18.0 Å².